The van der Waals surface area contributed by atoms with E-state index in [-0.39, 0.29) is 17.6 Å². The summed E-state index contributed by atoms with van der Waals surface area (Å²) in [6, 6.07) is 5.13. The van der Waals surface area contributed by atoms with E-state index in [4.69, 9.17) is 5.11 Å². The molecule has 0 bridgehead atoms. The molecule has 4 nitrogen and oxygen atoms in total. The lowest BCUT2D eigenvalue weighted by molar-refractivity contribution is 0.0696. The van der Waals surface area contributed by atoms with Gasteiger partial charge in [0.1, 0.15) is 0 Å². The molecule has 110 valence electrons. The van der Waals surface area contributed by atoms with Gasteiger partial charge in [0.15, 0.2) is 0 Å². The number of carboxylic acids is 1. The number of halogens is 1. The highest BCUT2D eigenvalue weighted by atomic mass is 79.9. The minimum atomic E-state index is -0.942. The van der Waals surface area contributed by atoms with E-state index in [1.54, 1.807) is 18.2 Å². The van der Waals surface area contributed by atoms with E-state index in [9.17, 15) is 9.90 Å². The molecule has 0 atom stereocenters. The highest BCUT2D eigenvalue weighted by Gasteiger charge is 2.31. The minimum Gasteiger partial charge on any atom is -0.478 e. The lowest BCUT2D eigenvalue weighted by Crippen LogP contribution is -2.35. The zero-order valence-electron chi connectivity index (χ0n) is 11.4. The van der Waals surface area contributed by atoms with Crippen molar-refractivity contribution in [3.63, 3.8) is 0 Å². The van der Waals surface area contributed by atoms with Gasteiger partial charge in [-0.2, -0.15) is 0 Å². The molecule has 0 spiro atoms. The molecule has 1 aliphatic carbocycles. The van der Waals surface area contributed by atoms with Crippen LogP contribution in [0.4, 0.5) is 5.69 Å². The number of carbonyl (C=O) groups is 1. The van der Waals surface area contributed by atoms with Crippen molar-refractivity contribution in [2.45, 2.75) is 32.1 Å². The third kappa shape index (κ3) is 3.52. The molecule has 0 heterocycles. The highest BCUT2D eigenvalue weighted by Crippen LogP contribution is 2.36. The second-order valence-corrected chi connectivity index (χ2v) is 6.43. The Labute approximate surface area is 127 Å². The lowest BCUT2D eigenvalue weighted by atomic mass is 9.74. The molecular weight excluding hydrogens is 322 g/mol. The van der Waals surface area contributed by atoms with Crippen molar-refractivity contribution >= 4 is 27.6 Å². The van der Waals surface area contributed by atoms with Gasteiger partial charge in [-0.05, 0) is 47.0 Å². The quantitative estimate of drug-likeness (QED) is 0.766. The van der Waals surface area contributed by atoms with Crippen molar-refractivity contribution < 1.29 is 15.0 Å². The maximum absolute atomic E-state index is 11.0. The van der Waals surface area contributed by atoms with Crippen molar-refractivity contribution in [1.29, 1.82) is 0 Å². The summed E-state index contributed by atoms with van der Waals surface area (Å²) in [5.41, 5.74) is 1.10. The standard InChI is InChI=1S/C15H20BrNO3/c16-13-8-11(4-5-12(13)14(19)20)17-9-15(10-18)6-2-1-3-7-15/h4-5,8,17-18H,1-3,6-7,9-10H2,(H,19,20). The van der Waals surface area contributed by atoms with Gasteiger partial charge in [-0.25, -0.2) is 4.79 Å². The first-order valence-corrected chi connectivity index (χ1v) is 7.73. The van der Waals surface area contributed by atoms with Gasteiger partial charge in [0.25, 0.3) is 0 Å². The first-order valence-electron chi connectivity index (χ1n) is 6.94. The average molecular weight is 342 g/mol. The molecule has 2 rings (SSSR count). The van der Waals surface area contributed by atoms with Crippen LogP contribution in [0, 0.1) is 5.41 Å². The molecule has 1 saturated carbocycles. The van der Waals surface area contributed by atoms with Crippen LogP contribution < -0.4 is 5.32 Å². The number of hydrogen-bond donors (Lipinski definition) is 3. The zero-order valence-corrected chi connectivity index (χ0v) is 12.9. The lowest BCUT2D eigenvalue weighted by Gasteiger charge is -2.36. The third-order valence-corrected chi connectivity index (χ3v) is 4.77. The predicted molar refractivity (Wildman–Crippen MR) is 82.2 cm³/mol. The van der Waals surface area contributed by atoms with Crippen LogP contribution in [0.2, 0.25) is 0 Å². The van der Waals surface area contributed by atoms with Gasteiger partial charge in [0.05, 0.1) is 12.2 Å². The van der Waals surface area contributed by atoms with E-state index in [2.05, 4.69) is 21.2 Å². The smallest absolute Gasteiger partial charge is 0.336 e. The number of nitrogens with one attached hydrogen (secondary N) is 1. The SMILES string of the molecule is O=C(O)c1ccc(NCC2(CO)CCCCC2)cc1Br. The van der Waals surface area contributed by atoms with E-state index in [1.165, 1.54) is 19.3 Å². The number of hydrogen-bond acceptors (Lipinski definition) is 3. The van der Waals surface area contributed by atoms with Crippen LogP contribution in [-0.2, 0) is 0 Å². The maximum atomic E-state index is 11.0. The molecule has 0 aliphatic heterocycles. The molecule has 0 aromatic heterocycles. The van der Waals surface area contributed by atoms with E-state index in [0.29, 0.717) is 4.47 Å². The molecule has 5 heteroatoms. The number of benzene rings is 1. The van der Waals surface area contributed by atoms with Crippen molar-refractivity contribution in [2.24, 2.45) is 5.41 Å². The summed E-state index contributed by atoms with van der Waals surface area (Å²) >= 11 is 3.27. The van der Waals surface area contributed by atoms with E-state index in [0.717, 1.165) is 25.1 Å². The molecular formula is C15H20BrNO3. The van der Waals surface area contributed by atoms with Crippen LogP contribution in [0.25, 0.3) is 0 Å². The molecule has 1 aromatic rings. The molecule has 0 amide bonds. The first-order chi connectivity index (χ1) is 9.56. The largest absolute Gasteiger partial charge is 0.478 e. The second-order valence-electron chi connectivity index (χ2n) is 5.57. The maximum Gasteiger partial charge on any atom is 0.336 e. The Kier molecular flexibility index (Phi) is 5.05. The van der Waals surface area contributed by atoms with Gasteiger partial charge < -0.3 is 15.5 Å². The number of anilines is 1. The number of aromatic carboxylic acids is 1. The summed E-state index contributed by atoms with van der Waals surface area (Å²) in [5, 5.41) is 22.0. The normalized spacial score (nSPS) is 17.7. The van der Waals surface area contributed by atoms with Crippen LogP contribution >= 0.6 is 15.9 Å². The fourth-order valence-electron chi connectivity index (χ4n) is 2.78. The number of aliphatic hydroxyl groups excluding tert-OH is 1. The topological polar surface area (TPSA) is 69.6 Å². The van der Waals surface area contributed by atoms with E-state index in [1.807, 2.05) is 0 Å². The van der Waals surface area contributed by atoms with Crippen molar-refractivity contribution in [2.75, 3.05) is 18.5 Å². The summed E-state index contributed by atoms with van der Waals surface area (Å²) in [6.45, 7) is 0.927. The van der Waals surface area contributed by atoms with Crippen molar-refractivity contribution in [3.8, 4) is 0 Å². The molecule has 1 fully saturated rings. The average Bonchev–Trinajstić information content (AvgIpc) is 2.46. The second kappa shape index (κ2) is 6.59. The van der Waals surface area contributed by atoms with Gasteiger partial charge in [-0.1, -0.05) is 19.3 Å². The Bertz CT molecular complexity index is 484. The summed E-state index contributed by atoms with van der Waals surface area (Å²) in [5.74, 6) is -0.942. The first kappa shape index (κ1) is 15.3. The predicted octanol–water partition coefficient (Wildman–Crippen LogP) is 3.50. The highest BCUT2D eigenvalue weighted by molar-refractivity contribution is 9.10. The Balaban J connectivity index is 2.03. The minimum absolute atomic E-state index is 0.0316. The van der Waals surface area contributed by atoms with Crippen LogP contribution in [0.3, 0.4) is 0 Å². The Morgan fingerprint density at radius 2 is 2.00 bits per heavy atom. The number of rotatable bonds is 5. The fourth-order valence-corrected chi connectivity index (χ4v) is 3.33. The fraction of sp³-hybridized carbons (Fsp3) is 0.533. The number of carboxylic acid groups (broad SMARTS) is 1. The monoisotopic (exact) mass is 341 g/mol. The molecule has 1 aromatic carbocycles. The summed E-state index contributed by atoms with van der Waals surface area (Å²) in [7, 11) is 0. The molecule has 0 saturated heterocycles. The van der Waals surface area contributed by atoms with Gasteiger partial charge >= 0.3 is 5.97 Å². The van der Waals surface area contributed by atoms with Gasteiger partial charge in [0, 0.05) is 22.1 Å². The Morgan fingerprint density at radius 1 is 1.30 bits per heavy atom. The third-order valence-electron chi connectivity index (χ3n) is 4.12. The molecule has 20 heavy (non-hydrogen) atoms. The van der Waals surface area contributed by atoms with Crippen LogP contribution in [0.5, 0.6) is 0 Å². The Morgan fingerprint density at radius 3 is 2.55 bits per heavy atom. The molecule has 0 unspecified atom stereocenters. The summed E-state index contributed by atoms with van der Waals surface area (Å²) in [4.78, 5) is 11.0. The van der Waals surface area contributed by atoms with Gasteiger partial charge in [0.2, 0.25) is 0 Å². The van der Waals surface area contributed by atoms with E-state index < -0.39 is 5.97 Å². The van der Waals surface area contributed by atoms with Crippen molar-refractivity contribution in [3.05, 3.63) is 28.2 Å². The van der Waals surface area contributed by atoms with Crippen molar-refractivity contribution in [1.82, 2.24) is 0 Å². The summed E-state index contributed by atoms with van der Waals surface area (Å²) in [6.07, 6.45) is 5.68. The Hall–Kier alpha value is -1.07. The number of aliphatic hydroxyl groups is 1. The summed E-state index contributed by atoms with van der Waals surface area (Å²) < 4.78 is 0.566. The van der Waals surface area contributed by atoms with Crippen LogP contribution in [-0.4, -0.2) is 29.3 Å². The van der Waals surface area contributed by atoms with E-state index >= 15 is 0 Å². The van der Waals surface area contributed by atoms with Crippen LogP contribution in [0.1, 0.15) is 42.5 Å². The van der Waals surface area contributed by atoms with Gasteiger partial charge in [-0.15, -0.1) is 0 Å². The van der Waals surface area contributed by atoms with Gasteiger partial charge in [-0.3, -0.25) is 0 Å². The molecule has 0 radical (unpaired) electrons. The molecule has 3 N–H and O–H groups in total. The molecule has 1 aliphatic rings. The van der Waals surface area contributed by atoms with Crippen LogP contribution in [0.15, 0.2) is 22.7 Å². The zero-order chi connectivity index (χ0) is 14.6.